The van der Waals surface area contributed by atoms with E-state index in [4.69, 9.17) is 5.73 Å². The molecule has 3 aromatic rings. The summed E-state index contributed by atoms with van der Waals surface area (Å²) in [7, 11) is 0. The van der Waals surface area contributed by atoms with Crippen LogP contribution in [0.1, 0.15) is 29.8 Å². The maximum Gasteiger partial charge on any atom is 0.137 e. The molecule has 6 heteroatoms. The van der Waals surface area contributed by atoms with Gasteiger partial charge in [0.05, 0.1) is 11.6 Å². The molecule has 2 aromatic heterocycles. The van der Waals surface area contributed by atoms with Gasteiger partial charge in [-0.15, -0.1) is 11.3 Å². The zero-order valence-electron chi connectivity index (χ0n) is 12.0. The predicted octanol–water partition coefficient (Wildman–Crippen LogP) is 3.40. The second-order valence-electron chi connectivity index (χ2n) is 4.88. The molecule has 0 radical (unpaired) electrons. The topological polar surface area (TPSA) is 76.7 Å². The molecule has 3 N–H and O–H groups in total. The summed E-state index contributed by atoms with van der Waals surface area (Å²) in [6.45, 7) is 4.22. The van der Waals surface area contributed by atoms with Gasteiger partial charge in [-0.25, -0.2) is 15.0 Å². The normalized spacial score (nSPS) is 12.5. The highest BCUT2D eigenvalue weighted by Crippen LogP contribution is 2.27. The fourth-order valence-corrected chi connectivity index (χ4v) is 3.00. The van der Waals surface area contributed by atoms with Crippen LogP contribution in [-0.4, -0.2) is 15.0 Å². The van der Waals surface area contributed by atoms with Crippen LogP contribution >= 0.6 is 11.3 Å². The van der Waals surface area contributed by atoms with Crippen LogP contribution < -0.4 is 11.1 Å². The molecule has 0 fully saturated rings. The molecule has 108 valence electrons. The predicted molar refractivity (Wildman–Crippen MR) is 87.5 cm³/mol. The molecular weight excluding hydrogens is 282 g/mol. The molecule has 1 atom stereocenters. The highest BCUT2D eigenvalue weighted by Gasteiger charge is 2.12. The fraction of sp³-hybridized carbons (Fsp3) is 0.267. The van der Waals surface area contributed by atoms with Crippen LogP contribution in [0.3, 0.4) is 0 Å². The molecule has 5 nitrogen and oxygen atoms in total. The minimum absolute atomic E-state index is 0.0924. The molecule has 0 aliphatic carbocycles. The highest BCUT2D eigenvalue weighted by molar-refractivity contribution is 7.11. The number of hydrogen-bond acceptors (Lipinski definition) is 6. The highest BCUT2D eigenvalue weighted by atomic mass is 32.1. The van der Waals surface area contributed by atoms with E-state index in [-0.39, 0.29) is 6.04 Å². The van der Waals surface area contributed by atoms with Crippen molar-refractivity contribution >= 4 is 33.7 Å². The van der Waals surface area contributed by atoms with Crippen LogP contribution in [0, 0.1) is 0 Å². The van der Waals surface area contributed by atoms with Gasteiger partial charge < -0.3 is 11.1 Å². The van der Waals surface area contributed by atoms with E-state index in [0.717, 1.165) is 28.1 Å². The number of nitrogens with two attached hydrogens (primary N) is 1. The van der Waals surface area contributed by atoms with E-state index >= 15 is 0 Å². The van der Waals surface area contributed by atoms with Crippen LogP contribution in [0.15, 0.2) is 30.7 Å². The third-order valence-corrected chi connectivity index (χ3v) is 4.63. The molecule has 0 spiro atoms. The molecule has 0 saturated carbocycles. The van der Waals surface area contributed by atoms with Crippen LogP contribution in [0.5, 0.6) is 0 Å². The summed E-state index contributed by atoms with van der Waals surface area (Å²) in [5, 5.41) is 5.39. The number of aryl methyl sites for hydroxylation is 1. The van der Waals surface area contributed by atoms with Gasteiger partial charge in [0.1, 0.15) is 17.2 Å². The first-order valence-corrected chi connectivity index (χ1v) is 7.70. The first-order valence-electron chi connectivity index (χ1n) is 6.88. The smallest absolute Gasteiger partial charge is 0.137 e. The molecule has 0 bridgehead atoms. The lowest BCUT2D eigenvalue weighted by atomic mass is 10.2. The Morgan fingerprint density at radius 3 is 2.90 bits per heavy atom. The number of thiazole rings is 1. The Labute approximate surface area is 127 Å². The van der Waals surface area contributed by atoms with Gasteiger partial charge in [0, 0.05) is 22.1 Å². The van der Waals surface area contributed by atoms with Crippen LogP contribution in [0.4, 0.5) is 11.5 Å². The summed E-state index contributed by atoms with van der Waals surface area (Å²) in [5.74, 6) is 0.785. The largest absolute Gasteiger partial charge is 0.399 e. The monoisotopic (exact) mass is 299 g/mol. The summed E-state index contributed by atoms with van der Waals surface area (Å²) >= 11 is 1.73. The average Bonchev–Trinajstić information content (AvgIpc) is 2.97. The van der Waals surface area contributed by atoms with Crippen molar-refractivity contribution < 1.29 is 0 Å². The van der Waals surface area contributed by atoms with Crippen molar-refractivity contribution in [2.75, 3.05) is 11.1 Å². The van der Waals surface area contributed by atoms with Crippen molar-refractivity contribution in [1.29, 1.82) is 0 Å². The molecule has 0 amide bonds. The molecule has 21 heavy (non-hydrogen) atoms. The first kappa shape index (κ1) is 13.8. The molecule has 3 rings (SSSR count). The number of nitrogen functional groups attached to an aromatic ring is 1. The second kappa shape index (κ2) is 5.65. The van der Waals surface area contributed by atoms with Crippen molar-refractivity contribution in [2.45, 2.75) is 26.3 Å². The van der Waals surface area contributed by atoms with Gasteiger partial charge in [-0.1, -0.05) is 6.92 Å². The third-order valence-electron chi connectivity index (χ3n) is 3.30. The Bertz CT molecular complexity index is 768. The molecule has 2 heterocycles. The quantitative estimate of drug-likeness (QED) is 0.722. The van der Waals surface area contributed by atoms with Crippen molar-refractivity contribution in [3.05, 3.63) is 40.6 Å². The Hall–Kier alpha value is -2.21. The second-order valence-corrected chi connectivity index (χ2v) is 6.03. The maximum absolute atomic E-state index is 5.86. The summed E-state index contributed by atoms with van der Waals surface area (Å²) in [6, 6.07) is 5.73. The van der Waals surface area contributed by atoms with Gasteiger partial charge in [-0.3, -0.25) is 0 Å². The Morgan fingerprint density at radius 1 is 1.29 bits per heavy atom. The van der Waals surface area contributed by atoms with Gasteiger partial charge >= 0.3 is 0 Å². The summed E-state index contributed by atoms with van der Waals surface area (Å²) in [4.78, 5) is 14.4. The van der Waals surface area contributed by atoms with Crippen molar-refractivity contribution in [3.8, 4) is 0 Å². The maximum atomic E-state index is 5.86. The van der Waals surface area contributed by atoms with E-state index in [0.29, 0.717) is 5.69 Å². The van der Waals surface area contributed by atoms with E-state index in [1.807, 2.05) is 24.4 Å². The number of benzene rings is 1. The number of fused-ring (bicyclic) bond motifs is 1. The molecule has 0 aliphatic rings. The zero-order valence-corrected chi connectivity index (χ0v) is 12.8. The van der Waals surface area contributed by atoms with E-state index < -0.39 is 0 Å². The van der Waals surface area contributed by atoms with Crippen LogP contribution in [0.2, 0.25) is 0 Å². The van der Waals surface area contributed by atoms with E-state index in [1.165, 1.54) is 4.88 Å². The van der Waals surface area contributed by atoms with Gasteiger partial charge in [-0.2, -0.15) is 0 Å². The van der Waals surface area contributed by atoms with Crippen LogP contribution in [-0.2, 0) is 6.42 Å². The van der Waals surface area contributed by atoms with Gasteiger partial charge in [-0.05, 0) is 31.5 Å². The number of anilines is 2. The Balaban J connectivity index is 1.92. The van der Waals surface area contributed by atoms with Gasteiger partial charge in [0.2, 0.25) is 0 Å². The van der Waals surface area contributed by atoms with Crippen molar-refractivity contribution in [1.82, 2.24) is 15.0 Å². The van der Waals surface area contributed by atoms with Crippen LogP contribution in [0.25, 0.3) is 10.9 Å². The first-order chi connectivity index (χ1) is 10.2. The fourth-order valence-electron chi connectivity index (χ4n) is 2.14. The third kappa shape index (κ3) is 2.80. The SMILES string of the molecule is CCc1cnc(C(C)Nc2ncnc3ccc(N)cc23)s1. The molecular formula is C15H17N5S. The van der Waals surface area contributed by atoms with E-state index in [2.05, 4.69) is 34.1 Å². The minimum atomic E-state index is 0.0924. The summed E-state index contributed by atoms with van der Waals surface area (Å²) in [5.41, 5.74) is 7.44. The Kier molecular flexibility index (Phi) is 3.70. The van der Waals surface area contributed by atoms with E-state index in [1.54, 1.807) is 17.7 Å². The number of aromatic nitrogens is 3. The molecule has 1 aromatic carbocycles. The van der Waals surface area contributed by atoms with Crippen molar-refractivity contribution in [2.24, 2.45) is 0 Å². The standard InChI is InChI=1S/C15H17N5S/c1-3-11-7-17-15(21-11)9(2)20-14-12-6-10(16)4-5-13(12)18-8-19-14/h4-9H,3,16H2,1-2H3,(H,18,19,20). The van der Waals surface area contributed by atoms with Gasteiger partial charge in [0.15, 0.2) is 0 Å². The number of nitrogens with one attached hydrogen (secondary N) is 1. The average molecular weight is 299 g/mol. The Morgan fingerprint density at radius 2 is 2.14 bits per heavy atom. The van der Waals surface area contributed by atoms with Crippen molar-refractivity contribution in [3.63, 3.8) is 0 Å². The molecule has 0 saturated heterocycles. The van der Waals surface area contributed by atoms with Gasteiger partial charge in [0.25, 0.3) is 0 Å². The number of hydrogen-bond donors (Lipinski definition) is 2. The lowest BCUT2D eigenvalue weighted by Crippen LogP contribution is -2.08. The minimum Gasteiger partial charge on any atom is -0.399 e. The summed E-state index contributed by atoms with van der Waals surface area (Å²) in [6.07, 6.45) is 4.51. The molecule has 0 aliphatic heterocycles. The zero-order chi connectivity index (χ0) is 14.8. The number of nitrogens with zero attached hydrogens (tertiary/aromatic N) is 3. The summed E-state index contributed by atoms with van der Waals surface area (Å²) < 4.78 is 0. The lowest BCUT2D eigenvalue weighted by molar-refractivity contribution is 0.861. The van der Waals surface area contributed by atoms with E-state index in [9.17, 15) is 0 Å². The number of rotatable bonds is 4. The lowest BCUT2D eigenvalue weighted by Gasteiger charge is -2.13. The molecule has 1 unspecified atom stereocenters.